The maximum Gasteiger partial charge on any atom is 0.416 e. The van der Waals surface area contributed by atoms with E-state index >= 15 is 0 Å². The quantitative estimate of drug-likeness (QED) is 0.291. The fourth-order valence-corrected chi connectivity index (χ4v) is 3.86. The van der Waals surface area contributed by atoms with Gasteiger partial charge in [0.05, 0.1) is 17.2 Å². The average molecular weight is 474 g/mol. The molecule has 2 N–H and O–H groups in total. The van der Waals surface area contributed by atoms with E-state index in [2.05, 4.69) is 0 Å². The summed E-state index contributed by atoms with van der Waals surface area (Å²) in [7, 11) is 0. The highest BCUT2D eigenvalue weighted by Crippen LogP contribution is 2.43. The minimum Gasteiger partial charge on any atom is -0.508 e. The summed E-state index contributed by atoms with van der Waals surface area (Å²) >= 11 is 5.99. The number of benzene rings is 3. The van der Waals surface area contributed by atoms with Crippen molar-refractivity contribution in [3.8, 4) is 5.75 Å². The van der Waals surface area contributed by atoms with Crippen molar-refractivity contribution in [2.45, 2.75) is 12.2 Å². The largest absolute Gasteiger partial charge is 0.508 e. The van der Waals surface area contributed by atoms with E-state index in [1.165, 1.54) is 36.4 Å². The van der Waals surface area contributed by atoms with Crippen LogP contribution in [0.15, 0.2) is 78.4 Å². The lowest BCUT2D eigenvalue weighted by molar-refractivity contribution is -0.137. The van der Waals surface area contributed by atoms with Gasteiger partial charge in [-0.25, -0.2) is 0 Å². The van der Waals surface area contributed by atoms with Crippen LogP contribution in [0.2, 0.25) is 5.02 Å². The predicted molar refractivity (Wildman–Crippen MR) is 116 cm³/mol. The van der Waals surface area contributed by atoms with E-state index in [9.17, 15) is 33.0 Å². The summed E-state index contributed by atoms with van der Waals surface area (Å²) in [5, 5.41) is 20.9. The summed E-state index contributed by atoms with van der Waals surface area (Å²) in [6.45, 7) is 0. The van der Waals surface area contributed by atoms with Gasteiger partial charge in [-0.05, 0) is 54.1 Å². The van der Waals surface area contributed by atoms with Gasteiger partial charge in [-0.1, -0.05) is 35.9 Å². The van der Waals surface area contributed by atoms with E-state index in [0.29, 0.717) is 5.56 Å². The van der Waals surface area contributed by atoms with Crippen LogP contribution in [-0.4, -0.2) is 21.9 Å². The number of hydrogen-bond donors (Lipinski definition) is 2. The maximum absolute atomic E-state index is 13.0. The topological polar surface area (TPSA) is 77.8 Å². The molecule has 0 spiro atoms. The molecular weight excluding hydrogens is 459 g/mol. The number of phenolic OH excluding ortho intramolecular Hbond substituents is 1. The Hall–Kier alpha value is -3.78. The van der Waals surface area contributed by atoms with Gasteiger partial charge in [-0.15, -0.1) is 0 Å². The third-order valence-electron chi connectivity index (χ3n) is 5.22. The molecule has 1 aliphatic heterocycles. The molecule has 0 bridgehead atoms. The molecule has 33 heavy (non-hydrogen) atoms. The zero-order chi connectivity index (χ0) is 23.9. The minimum absolute atomic E-state index is 0.0355. The van der Waals surface area contributed by atoms with Gasteiger partial charge in [0.1, 0.15) is 11.5 Å². The van der Waals surface area contributed by atoms with E-state index < -0.39 is 35.2 Å². The summed E-state index contributed by atoms with van der Waals surface area (Å²) in [6.07, 6.45) is -4.57. The molecule has 1 unspecified atom stereocenters. The predicted octanol–water partition coefficient (Wildman–Crippen LogP) is 5.69. The molecule has 168 valence electrons. The number of rotatable bonds is 3. The van der Waals surface area contributed by atoms with Gasteiger partial charge in [0.25, 0.3) is 11.7 Å². The van der Waals surface area contributed by atoms with Crippen LogP contribution >= 0.6 is 11.6 Å². The summed E-state index contributed by atoms with van der Waals surface area (Å²) in [6, 6.07) is 14.2. The summed E-state index contributed by atoms with van der Waals surface area (Å²) in [4.78, 5) is 27.0. The number of aliphatic hydroxyl groups excluding tert-OH is 1. The Kier molecular flexibility index (Phi) is 5.63. The number of amides is 1. The Morgan fingerprint density at radius 3 is 2.15 bits per heavy atom. The number of anilines is 1. The molecule has 0 aromatic heterocycles. The van der Waals surface area contributed by atoms with E-state index in [1.807, 2.05) is 0 Å². The number of halogens is 4. The molecule has 9 heteroatoms. The fourth-order valence-electron chi connectivity index (χ4n) is 3.67. The van der Waals surface area contributed by atoms with Gasteiger partial charge in [0.15, 0.2) is 0 Å². The van der Waals surface area contributed by atoms with Crippen molar-refractivity contribution in [1.82, 2.24) is 0 Å². The number of aliphatic hydroxyl groups is 1. The van der Waals surface area contributed by atoms with Gasteiger partial charge in [-0.2, -0.15) is 13.2 Å². The van der Waals surface area contributed by atoms with Crippen LogP contribution in [0.1, 0.15) is 22.7 Å². The normalized spacial score (nSPS) is 18.1. The average Bonchev–Trinajstić information content (AvgIpc) is 3.04. The van der Waals surface area contributed by atoms with Gasteiger partial charge < -0.3 is 10.2 Å². The molecule has 0 saturated carbocycles. The first kappa shape index (κ1) is 22.4. The number of hydrogen-bond acceptors (Lipinski definition) is 4. The molecule has 1 aliphatic rings. The van der Waals surface area contributed by atoms with Crippen LogP contribution in [0, 0.1) is 0 Å². The van der Waals surface area contributed by atoms with E-state index in [1.54, 1.807) is 12.1 Å². The van der Waals surface area contributed by atoms with Crippen molar-refractivity contribution in [3.63, 3.8) is 0 Å². The van der Waals surface area contributed by atoms with E-state index in [4.69, 9.17) is 11.6 Å². The van der Waals surface area contributed by atoms with Crippen molar-refractivity contribution in [2.75, 3.05) is 4.90 Å². The lowest BCUT2D eigenvalue weighted by atomic mass is 9.95. The first-order valence-corrected chi connectivity index (χ1v) is 9.99. The molecule has 5 nitrogen and oxygen atoms in total. The zero-order valence-corrected chi connectivity index (χ0v) is 17.4. The van der Waals surface area contributed by atoms with Gasteiger partial charge in [-0.3, -0.25) is 14.5 Å². The Morgan fingerprint density at radius 1 is 0.939 bits per heavy atom. The number of phenols is 1. The van der Waals surface area contributed by atoms with E-state index in [-0.39, 0.29) is 27.6 Å². The molecule has 1 saturated heterocycles. The van der Waals surface area contributed by atoms with Crippen LogP contribution in [0.25, 0.3) is 5.76 Å². The third kappa shape index (κ3) is 4.17. The third-order valence-corrected chi connectivity index (χ3v) is 5.46. The monoisotopic (exact) mass is 473 g/mol. The van der Waals surface area contributed by atoms with Crippen LogP contribution < -0.4 is 4.90 Å². The standard InChI is InChI=1S/C24H15ClF3NO4/c25-16-3-1-2-14(12-16)21(31)19-20(13-4-10-18(30)11-5-13)29(23(33)22(19)32)17-8-6-15(7-9-17)24(26,27)28/h1-12,20,30-31H/b21-19+. The number of aromatic hydroxyl groups is 1. The molecule has 4 rings (SSSR count). The molecule has 0 aliphatic carbocycles. The second-order valence-electron chi connectivity index (χ2n) is 7.32. The van der Waals surface area contributed by atoms with Gasteiger partial charge in [0.2, 0.25) is 0 Å². The molecule has 1 amide bonds. The van der Waals surface area contributed by atoms with Crippen molar-refractivity contribution in [2.24, 2.45) is 0 Å². The first-order valence-electron chi connectivity index (χ1n) is 9.61. The highest BCUT2D eigenvalue weighted by atomic mass is 35.5. The summed E-state index contributed by atoms with van der Waals surface area (Å²) < 4.78 is 39.0. The lowest BCUT2D eigenvalue weighted by Gasteiger charge is -2.25. The number of nitrogens with zero attached hydrogens (tertiary/aromatic N) is 1. The summed E-state index contributed by atoms with van der Waals surface area (Å²) in [5.74, 6) is -2.58. The van der Waals surface area contributed by atoms with Crippen LogP contribution in [0.3, 0.4) is 0 Å². The van der Waals surface area contributed by atoms with Crippen molar-refractivity contribution in [3.05, 3.63) is 100 Å². The second kappa shape index (κ2) is 8.29. The molecule has 0 radical (unpaired) electrons. The second-order valence-corrected chi connectivity index (χ2v) is 7.75. The van der Waals surface area contributed by atoms with Crippen LogP contribution in [0.4, 0.5) is 18.9 Å². The Balaban J connectivity index is 1.91. The highest BCUT2D eigenvalue weighted by molar-refractivity contribution is 6.51. The van der Waals surface area contributed by atoms with Crippen LogP contribution in [-0.2, 0) is 15.8 Å². The first-order chi connectivity index (χ1) is 15.6. The Morgan fingerprint density at radius 2 is 1.58 bits per heavy atom. The van der Waals surface area contributed by atoms with Crippen LogP contribution in [0.5, 0.6) is 5.75 Å². The number of carbonyl (C=O) groups is 2. The molecular formula is C24H15ClF3NO4. The molecule has 1 heterocycles. The number of Topliss-reactive ketones (excluding diaryl/α,β-unsaturated/α-hetero) is 1. The molecule has 3 aromatic rings. The number of carbonyl (C=O) groups excluding carboxylic acids is 2. The lowest BCUT2D eigenvalue weighted by Crippen LogP contribution is -2.29. The number of alkyl halides is 3. The maximum atomic E-state index is 13.0. The number of ketones is 1. The van der Waals surface area contributed by atoms with E-state index in [0.717, 1.165) is 29.2 Å². The smallest absolute Gasteiger partial charge is 0.416 e. The Bertz CT molecular complexity index is 1270. The SMILES string of the molecule is O=C1C(=O)N(c2ccc(C(F)(F)F)cc2)C(c2ccc(O)cc2)/C1=C(\O)c1cccc(Cl)c1. The highest BCUT2D eigenvalue weighted by Gasteiger charge is 2.47. The van der Waals surface area contributed by atoms with Crippen molar-refractivity contribution in [1.29, 1.82) is 0 Å². The molecule has 1 fully saturated rings. The minimum atomic E-state index is -4.57. The molecule has 1 atom stereocenters. The summed E-state index contributed by atoms with van der Waals surface area (Å²) in [5.41, 5.74) is -0.587. The van der Waals surface area contributed by atoms with Crippen molar-refractivity contribution < 1.29 is 33.0 Å². The molecule has 3 aromatic carbocycles. The van der Waals surface area contributed by atoms with Gasteiger partial charge >= 0.3 is 6.18 Å². The zero-order valence-electron chi connectivity index (χ0n) is 16.7. The van der Waals surface area contributed by atoms with Crippen molar-refractivity contribution >= 4 is 34.7 Å². The fraction of sp³-hybridized carbons (Fsp3) is 0.0833. The van der Waals surface area contributed by atoms with Gasteiger partial charge in [0, 0.05) is 16.3 Å². The Labute approximate surface area is 191 Å².